The molecule has 176 valence electrons. The number of likely N-dealkylation sites (N-methyl/N-ethyl adjacent to an activating group) is 1. The van der Waals surface area contributed by atoms with Gasteiger partial charge < -0.3 is 24.1 Å². The van der Waals surface area contributed by atoms with Gasteiger partial charge in [0, 0.05) is 63.0 Å². The summed E-state index contributed by atoms with van der Waals surface area (Å²) in [5.74, 6) is 0.511. The van der Waals surface area contributed by atoms with E-state index in [0.29, 0.717) is 18.8 Å². The zero-order valence-electron chi connectivity index (χ0n) is 19.7. The van der Waals surface area contributed by atoms with Crippen molar-refractivity contribution in [2.24, 2.45) is 16.7 Å². The third-order valence-corrected chi connectivity index (χ3v) is 9.15. The van der Waals surface area contributed by atoms with Crippen LogP contribution >= 0.6 is 0 Å². The van der Waals surface area contributed by atoms with Crippen LogP contribution in [0.4, 0.5) is 0 Å². The third-order valence-electron chi connectivity index (χ3n) is 9.15. The van der Waals surface area contributed by atoms with Gasteiger partial charge in [-0.25, -0.2) is 0 Å². The normalized spacial score (nSPS) is 41.9. The Morgan fingerprint density at radius 1 is 1.19 bits per heavy atom. The van der Waals surface area contributed by atoms with Crippen LogP contribution in [0.3, 0.4) is 0 Å². The summed E-state index contributed by atoms with van der Waals surface area (Å²) in [6.07, 6.45) is 0.559. The number of likely N-dealkylation sites (tertiary alicyclic amines) is 1. The maximum Gasteiger partial charge on any atom is 0.220 e. The topological polar surface area (TPSA) is 77.5 Å². The molecule has 1 aliphatic heterocycles. The minimum absolute atomic E-state index is 0.0712. The number of nitrogens with zero attached hydrogens (tertiary/aromatic N) is 1. The number of hydrogen-bond acceptors (Lipinski definition) is 7. The van der Waals surface area contributed by atoms with Crippen molar-refractivity contribution in [1.82, 2.24) is 4.90 Å². The fraction of sp³-hybridized carbons (Fsp3) is 0.720. The highest BCUT2D eigenvalue weighted by atomic mass is 16.5. The molecule has 4 aliphatic rings. The Balaban J connectivity index is 1.82. The van der Waals surface area contributed by atoms with Crippen molar-refractivity contribution >= 4 is 0 Å². The Hall–Kier alpha value is -1.51. The molecule has 7 heteroatoms. The third kappa shape index (κ3) is 2.57. The quantitative estimate of drug-likeness (QED) is 0.710. The monoisotopic (exact) mass is 445 g/mol. The fourth-order valence-corrected chi connectivity index (χ4v) is 8.29. The molecule has 7 nitrogen and oxygen atoms in total. The second kappa shape index (κ2) is 7.77. The van der Waals surface area contributed by atoms with Gasteiger partial charge in [0.1, 0.15) is 0 Å². The van der Waals surface area contributed by atoms with Crippen LogP contribution in [0.25, 0.3) is 0 Å². The van der Waals surface area contributed by atoms with Gasteiger partial charge in [0.25, 0.3) is 0 Å². The Morgan fingerprint density at radius 2 is 1.97 bits per heavy atom. The maximum atomic E-state index is 12.6. The molecule has 1 aromatic carbocycles. The number of methoxy groups -OCH3 is 4. The lowest BCUT2D eigenvalue weighted by molar-refractivity contribution is -0.253. The van der Waals surface area contributed by atoms with Crippen LogP contribution in [0.2, 0.25) is 0 Å². The second-order valence-electron chi connectivity index (χ2n) is 10.0. The van der Waals surface area contributed by atoms with Crippen molar-refractivity contribution in [1.29, 1.82) is 0 Å². The molecule has 1 saturated heterocycles. The number of hydrogen-bond donors (Lipinski definition) is 1. The lowest BCUT2D eigenvalue weighted by atomic mass is 9.47. The van der Waals surface area contributed by atoms with E-state index in [1.165, 1.54) is 0 Å². The summed E-state index contributed by atoms with van der Waals surface area (Å²) in [5, 5.41) is 11.5. The van der Waals surface area contributed by atoms with Gasteiger partial charge in [-0.15, -0.1) is 0 Å². The lowest BCUT2D eigenvalue weighted by Gasteiger charge is -2.66. The predicted octanol–water partition coefficient (Wildman–Crippen LogP) is 1.44. The minimum atomic E-state index is -0.544. The smallest absolute Gasteiger partial charge is 0.220 e. The van der Waals surface area contributed by atoms with Gasteiger partial charge in [-0.05, 0) is 36.2 Å². The lowest BCUT2D eigenvalue weighted by Crippen LogP contribution is -2.74. The van der Waals surface area contributed by atoms with E-state index in [9.17, 15) is 9.90 Å². The van der Waals surface area contributed by atoms with Crippen molar-refractivity contribution in [2.45, 2.75) is 50.0 Å². The van der Waals surface area contributed by atoms with E-state index in [1.54, 1.807) is 34.5 Å². The predicted molar refractivity (Wildman–Crippen MR) is 119 cm³/mol. The van der Waals surface area contributed by atoms with Gasteiger partial charge in [-0.1, -0.05) is 13.0 Å². The Labute approximate surface area is 189 Å². The average Bonchev–Trinajstić information content (AvgIpc) is 2.89. The maximum absolute atomic E-state index is 12.6. The van der Waals surface area contributed by atoms with E-state index in [2.05, 4.69) is 11.8 Å². The zero-order chi connectivity index (χ0) is 22.8. The first-order chi connectivity index (χ1) is 15.4. The highest BCUT2D eigenvalue weighted by Gasteiger charge is 2.78. The number of rotatable bonds is 6. The molecule has 3 aliphatic carbocycles. The summed E-state index contributed by atoms with van der Waals surface area (Å²) in [5.41, 5.74) is 1.47. The van der Waals surface area contributed by atoms with Crippen molar-refractivity contribution in [3.8, 4) is 5.75 Å². The van der Waals surface area contributed by atoms with Crippen LogP contribution < -0.4 is 10.2 Å². The summed E-state index contributed by atoms with van der Waals surface area (Å²) in [6.45, 7) is 4.30. The molecule has 32 heavy (non-hydrogen) atoms. The molecule has 1 heterocycles. The molecule has 0 radical (unpaired) electrons. The van der Waals surface area contributed by atoms with Crippen LogP contribution in [-0.4, -0.2) is 82.5 Å². The molecule has 8 atom stereocenters. The number of aliphatic hydroxyl groups excluding tert-OH is 1. The first-order valence-corrected chi connectivity index (χ1v) is 11.6. The Kier molecular flexibility index (Phi) is 5.42. The highest BCUT2D eigenvalue weighted by molar-refractivity contribution is 5.47. The minimum Gasteiger partial charge on any atom is -0.493 e. The van der Waals surface area contributed by atoms with E-state index in [-0.39, 0.29) is 40.9 Å². The summed E-state index contributed by atoms with van der Waals surface area (Å²) in [6, 6.07) is 5.73. The first kappa shape index (κ1) is 22.3. The highest BCUT2D eigenvalue weighted by Crippen LogP contribution is 2.72. The van der Waals surface area contributed by atoms with Gasteiger partial charge in [0.2, 0.25) is 5.43 Å². The summed E-state index contributed by atoms with van der Waals surface area (Å²) in [7, 11) is 6.80. The van der Waals surface area contributed by atoms with E-state index in [0.717, 1.165) is 30.6 Å². The Bertz CT molecular complexity index is 954. The average molecular weight is 446 g/mol. The van der Waals surface area contributed by atoms with E-state index >= 15 is 0 Å². The van der Waals surface area contributed by atoms with Crippen LogP contribution in [0, 0.1) is 16.7 Å². The van der Waals surface area contributed by atoms with Gasteiger partial charge in [0.05, 0.1) is 32.0 Å². The van der Waals surface area contributed by atoms with Crippen LogP contribution in [0.15, 0.2) is 23.0 Å². The van der Waals surface area contributed by atoms with E-state index in [4.69, 9.17) is 18.9 Å². The number of aliphatic hydroxyl groups is 1. The standard InChI is InChI=1S/C25H35NO6/c1-6-26-12-24(13-29-2)18(28)10-19(31-4)25-11-14-9-17(30-3)16(27)8-7-15(14)20(23(25)26)21(32-5)22(24)25/h7-9,18-23,28H,6,10-13H2,1-5H3. The molecule has 3 fully saturated rings. The van der Waals surface area contributed by atoms with Crippen LogP contribution in [-0.2, 0) is 20.6 Å². The second-order valence-corrected chi connectivity index (χ2v) is 10.0. The number of piperidine rings is 1. The number of fused-ring (bicyclic) bond motifs is 2. The molecular formula is C25H35NO6. The molecule has 1 spiro atoms. The SMILES string of the molecule is CCN1CC2(COC)C(O)CC(OC)C34Cc5cc(OC)c(=O)ccc5C(C(OC)C23)C14. The van der Waals surface area contributed by atoms with Gasteiger partial charge in [0.15, 0.2) is 5.75 Å². The molecule has 1 N–H and O–H groups in total. The van der Waals surface area contributed by atoms with Gasteiger partial charge in [-0.2, -0.15) is 0 Å². The summed E-state index contributed by atoms with van der Waals surface area (Å²) < 4.78 is 23.7. The molecule has 1 aromatic rings. The molecule has 5 bridgehead atoms. The Morgan fingerprint density at radius 3 is 2.59 bits per heavy atom. The van der Waals surface area contributed by atoms with Crippen LogP contribution in [0.5, 0.6) is 5.75 Å². The number of ether oxygens (including phenoxy) is 4. The molecule has 0 aromatic heterocycles. The molecule has 5 rings (SSSR count). The first-order valence-electron chi connectivity index (χ1n) is 11.6. The van der Waals surface area contributed by atoms with E-state index < -0.39 is 11.5 Å². The van der Waals surface area contributed by atoms with Crippen molar-refractivity contribution in [3.63, 3.8) is 0 Å². The van der Waals surface area contributed by atoms with E-state index in [1.807, 2.05) is 12.1 Å². The van der Waals surface area contributed by atoms with Gasteiger partial charge >= 0.3 is 0 Å². The molecule has 0 amide bonds. The molecular weight excluding hydrogens is 410 g/mol. The fourth-order valence-electron chi connectivity index (χ4n) is 8.29. The van der Waals surface area contributed by atoms with Crippen LogP contribution in [0.1, 0.15) is 30.4 Å². The van der Waals surface area contributed by atoms with Gasteiger partial charge in [-0.3, -0.25) is 9.69 Å². The molecule has 8 unspecified atom stereocenters. The summed E-state index contributed by atoms with van der Waals surface area (Å²) >= 11 is 0. The zero-order valence-corrected chi connectivity index (χ0v) is 19.7. The van der Waals surface area contributed by atoms with Crippen molar-refractivity contribution in [3.05, 3.63) is 39.5 Å². The summed E-state index contributed by atoms with van der Waals surface area (Å²) in [4.78, 5) is 15.1. The van der Waals surface area contributed by atoms with Crippen molar-refractivity contribution in [2.75, 3.05) is 48.1 Å². The van der Waals surface area contributed by atoms with Crippen molar-refractivity contribution < 1.29 is 24.1 Å². The molecule has 2 saturated carbocycles. The largest absolute Gasteiger partial charge is 0.493 e.